The number of nitro benzene ring substituents is 1. The van der Waals surface area contributed by atoms with E-state index in [4.69, 9.17) is 40.2 Å². The molecule has 1 N–H and O–H groups in total. The zero-order valence-corrected chi connectivity index (χ0v) is 20.1. The highest BCUT2D eigenvalue weighted by atomic mass is 35.5. The minimum absolute atomic E-state index is 0.00407. The number of thiocarbonyl (C=S) groups is 1. The van der Waals surface area contributed by atoms with Gasteiger partial charge in [-0.15, -0.1) is 0 Å². The monoisotopic (exact) mass is 527 g/mol. The van der Waals surface area contributed by atoms with Gasteiger partial charge in [0.2, 0.25) is 0 Å². The van der Waals surface area contributed by atoms with Crippen molar-refractivity contribution in [1.29, 1.82) is 0 Å². The van der Waals surface area contributed by atoms with Crippen LogP contribution in [0.2, 0.25) is 10.0 Å². The fraction of sp³-hybridized carbons (Fsp3) is 0.0417. The van der Waals surface area contributed by atoms with Crippen molar-refractivity contribution < 1.29 is 19.2 Å². The number of anilines is 1. The number of carbonyl (C=O) groups excluding carboxylic acids is 2. The average Bonchev–Trinajstić information content (AvgIpc) is 2.84. The third-order valence-electron chi connectivity index (χ3n) is 5.02. The number of nitrogens with one attached hydrogen (secondary N) is 1. The van der Waals surface area contributed by atoms with Gasteiger partial charge in [-0.25, -0.2) is 0 Å². The molecule has 3 aromatic rings. The summed E-state index contributed by atoms with van der Waals surface area (Å²) < 4.78 is 5.70. The van der Waals surface area contributed by atoms with Crippen LogP contribution in [0.4, 0.5) is 11.4 Å². The van der Waals surface area contributed by atoms with Gasteiger partial charge in [0.05, 0.1) is 20.7 Å². The Morgan fingerprint density at radius 1 is 1.03 bits per heavy atom. The summed E-state index contributed by atoms with van der Waals surface area (Å²) in [5.41, 5.74) is 1.48. The molecule has 1 saturated heterocycles. The first-order valence-corrected chi connectivity index (χ1v) is 11.2. The molecular formula is C24H15Cl2N3O5S. The molecule has 1 aliphatic heterocycles. The molecule has 3 aromatic carbocycles. The highest BCUT2D eigenvalue weighted by Crippen LogP contribution is 2.34. The van der Waals surface area contributed by atoms with Crippen LogP contribution in [0.25, 0.3) is 6.08 Å². The van der Waals surface area contributed by atoms with Gasteiger partial charge in [-0.3, -0.25) is 29.9 Å². The normalized spacial score (nSPS) is 14.7. The molecule has 11 heteroatoms. The molecule has 0 saturated carbocycles. The first-order chi connectivity index (χ1) is 16.7. The molecule has 0 radical (unpaired) electrons. The number of nitro groups is 1. The molecule has 0 spiro atoms. The number of hydrogen-bond acceptors (Lipinski definition) is 6. The van der Waals surface area contributed by atoms with Crippen LogP contribution in [0, 0.1) is 10.1 Å². The summed E-state index contributed by atoms with van der Waals surface area (Å²) in [4.78, 5) is 37.0. The summed E-state index contributed by atoms with van der Waals surface area (Å²) in [7, 11) is 0. The summed E-state index contributed by atoms with van der Waals surface area (Å²) in [6.45, 7) is 0.214. The molecule has 35 heavy (non-hydrogen) atoms. The number of amides is 2. The molecule has 8 nitrogen and oxygen atoms in total. The molecule has 2 amide bonds. The van der Waals surface area contributed by atoms with Crippen LogP contribution < -0.4 is 15.0 Å². The van der Waals surface area contributed by atoms with Gasteiger partial charge in [0.25, 0.3) is 17.5 Å². The zero-order chi connectivity index (χ0) is 25.1. The Balaban J connectivity index is 1.50. The number of carbonyl (C=O) groups is 2. The van der Waals surface area contributed by atoms with Gasteiger partial charge in [-0.05, 0) is 65.8 Å². The molecule has 4 rings (SSSR count). The fourth-order valence-corrected chi connectivity index (χ4v) is 3.90. The maximum atomic E-state index is 13.1. The smallest absolute Gasteiger partial charge is 0.270 e. The molecule has 0 unspecified atom stereocenters. The number of hydrogen-bond donors (Lipinski definition) is 1. The molecule has 1 fully saturated rings. The SMILES string of the molecule is O=C1NC(=S)N(c2cccc(Cl)c2Cl)C(=O)/C1=C/c1ccc(OCc2ccc([N+](=O)[O-])cc2)cc1. The molecular weight excluding hydrogens is 513 g/mol. The zero-order valence-electron chi connectivity index (χ0n) is 17.7. The fourth-order valence-electron chi connectivity index (χ4n) is 3.25. The van der Waals surface area contributed by atoms with E-state index in [1.165, 1.54) is 18.2 Å². The molecule has 0 atom stereocenters. The lowest BCUT2D eigenvalue weighted by molar-refractivity contribution is -0.384. The van der Waals surface area contributed by atoms with E-state index < -0.39 is 16.7 Å². The molecule has 176 valence electrons. The maximum Gasteiger partial charge on any atom is 0.270 e. The summed E-state index contributed by atoms with van der Waals surface area (Å²) in [6, 6.07) is 17.5. The van der Waals surface area contributed by atoms with Gasteiger partial charge in [-0.1, -0.05) is 41.4 Å². The predicted octanol–water partition coefficient (Wildman–Crippen LogP) is 5.31. The predicted molar refractivity (Wildman–Crippen MR) is 137 cm³/mol. The number of benzene rings is 3. The van der Waals surface area contributed by atoms with Crippen molar-refractivity contribution in [3.8, 4) is 5.75 Å². The van der Waals surface area contributed by atoms with E-state index in [1.54, 1.807) is 54.6 Å². The highest BCUT2D eigenvalue weighted by Gasteiger charge is 2.35. The molecule has 1 aliphatic rings. The minimum atomic E-state index is -0.638. The van der Waals surface area contributed by atoms with Gasteiger partial charge in [0, 0.05) is 12.1 Å². The van der Waals surface area contributed by atoms with Gasteiger partial charge in [0.15, 0.2) is 5.11 Å². The van der Waals surface area contributed by atoms with E-state index in [1.807, 2.05) is 0 Å². The van der Waals surface area contributed by atoms with Crippen molar-refractivity contribution in [3.05, 3.63) is 104 Å². The number of non-ortho nitro benzene ring substituents is 1. The Labute approximate surface area is 214 Å². The number of rotatable bonds is 6. The quantitative estimate of drug-likeness (QED) is 0.153. The third kappa shape index (κ3) is 5.32. The van der Waals surface area contributed by atoms with Crippen LogP contribution in [0.1, 0.15) is 11.1 Å². The second kappa shape index (κ2) is 10.2. The second-order valence-corrected chi connectivity index (χ2v) is 8.48. The first kappa shape index (κ1) is 24.3. The van der Waals surface area contributed by atoms with E-state index >= 15 is 0 Å². The van der Waals surface area contributed by atoms with E-state index in [0.717, 1.165) is 10.5 Å². The topological polar surface area (TPSA) is 102 Å². The van der Waals surface area contributed by atoms with E-state index in [0.29, 0.717) is 11.3 Å². The van der Waals surface area contributed by atoms with Crippen LogP contribution in [0.15, 0.2) is 72.3 Å². The van der Waals surface area contributed by atoms with E-state index in [-0.39, 0.29) is 38.7 Å². The van der Waals surface area contributed by atoms with Gasteiger partial charge in [-0.2, -0.15) is 0 Å². The maximum absolute atomic E-state index is 13.1. The number of halogens is 2. The lowest BCUT2D eigenvalue weighted by atomic mass is 10.1. The van der Waals surface area contributed by atoms with Gasteiger partial charge in [0.1, 0.15) is 17.9 Å². The van der Waals surface area contributed by atoms with Gasteiger partial charge < -0.3 is 4.74 Å². The molecule has 0 bridgehead atoms. The van der Waals surface area contributed by atoms with Crippen LogP contribution in [-0.2, 0) is 16.2 Å². The second-order valence-electron chi connectivity index (χ2n) is 7.31. The lowest BCUT2D eigenvalue weighted by Gasteiger charge is -2.29. The molecule has 1 heterocycles. The summed E-state index contributed by atoms with van der Waals surface area (Å²) in [6.07, 6.45) is 1.44. The molecule has 0 aromatic heterocycles. The van der Waals surface area contributed by atoms with Crippen molar-refractivity contribution >= 4 is 69.8 Å². The Morgan fingerprint density at radius 3 is 2.37 bits per heavy atom. The van der Waals surface area contributed by atoms with Crippen LogP contribution in [0.5, 0.6) is 5.75 Å². The van der Waals surface area contributed by atoms with Crippen molar-refractivity contribution in [2.45, 2.75) is 6.61 Å². The molecule has 0 aliphatic carbocycles. The lowest BCUT2D eigenvalue weighted by Crippen LogP contribution is -2.54. The average molecular weight is 528 g/mol. The van der Waals surface area contributed by atoms with Crippen molar-refractivity contribution in [1.82, 2.24) is 5.32 Å². The number of ether oxygens (including phenoxy) is 1. The Bertz CT molecular complexity index is 1370. The summed E-state index contributed by atoms with van der Waals surface area (Å²) in [5.74, 6) is -0.729. The highest BCUT2D eigenvalue weighted by molar-refractivity contribution is 7.80. The minimum Gasteiger partial charge on any atom is -0.489 e. The Morgan fingerprint density at radius 2 is 1.71 bits per heavy atom. The largest absolute Gasteiger partial charge is 0.489 e. The summed E-state index contributed by atoms with van der Waals surface area (Å²) in [5, 5.41) is 13.5. The van der Waals surface area contributed by atoms with Gasteiger partial charge >= 0.3 is 0 Å². The van der Waals surface area contributed by atoms with Crippen LogP contribution >= 0.6 is 35.4 Å². The Hall–Kier alpha value is -3.79. The first-order valence-electron chi connectivity index (χ1n) is 10.1. The van der Waals surface area contributed by atoms with E-state index in [2.05, 4.69) is 5.32 Å². The number of nitrogens with zero attached hydrogens (tertiary/aromatic N) is 2. The summed E-state index contributed by atoms with van der Waals surface area (Å²) >= 11 is 17.5. The van der Waals surface area contributed by atoms with Crippen LogP contribution in [0.3, 0.4) is 0 Å². The van der Waals surface area contributed by atoms with E-state index in [9.17, 15) is 19.7 Å². The van der Waals surface area contributed by atoms with Crippen molar-refractivity contribution in [2.24, 2.45) is 0 Å². The van der Waals surface area contributed by atoms with Crippen molar-refractivity contribution in [2.75, 3.05) is 4.90 Å². The third-order valence-corrected chi connectivity index (χ3v) is 6.11. The standard InChI is InChI=1S/C24H15Cl2N3O5S/c25-19-2-1-3-20(21(19)26)28-23(31)18(22(30)27-24(28)35)12-14-6-10-17(11-7-14)34-13-15-4-8-16(9-5-15)29(32)33/h1-12H,13H2,(H,27,30,35)/b18-12+. The Kier molecular flexibility index (Phi) is 7.11. The van der Waals surface area contributed by atoms with Crippen molar-refractivity contribution in [3.63, 3.8) is 0 Å². The van der Waals surface area contributed by atoms with Crippen LogP contribution in [-0.4, -0.2) is 21.9 Å².